The van der Waals surface area contributed by atoms with Gasteiger partial charge in [0, 0.05) is 24.0 Å². The lowest BCUT2D eigenvalue weighted by Crippen LogP contribution is -2.37. The van der Waals surface area contributed by atoms with Gasteiger partial charge in [-0.2, -0.15) is 0 Å². The molecule has 3 aromatic heterocycles. The van der Waals surface area contributed by atoms with Crippen LogP contribution in [0, 0.1) is 0 Å². The van der Waals surface area contributed by atoms with Gasteiger partial charge >= 0.3 is 0 Å². The Morgan fingerprint density at radius 1 is 0.939 bits per heavy atom. The highest BCUT2D eigenvalue weighted by Crippen LogP contribution is 2.37. The zero-order valence-electron chi connectivity index (χ0n) is 17.6. The van der Waals surface area contributed by atoms with Crippen LogP contribution < -0.4 is 4.72 Å². The van der Waals surface area contributed by atoms with Crippen molar-refractivity contribution in [3.05, 3.63) is 72.8 Å². The highest BCUT2D eigenvalue weighted by molar-refractivity contribution is 7.91. The van der Waals surface area contributed by atoms with Gasteiger partial charge in [-0.25, -0.2) is 21.6 Å². The molecule has 1 aliphatic rings. The number of benzene rings is 1. The summed E-state index contributed by atoms with van der Waals surface area (Å²) in [5, 5.41) is -0.155. The number of pyridine rings is 1. The molecule has 0 radical (unpaired) electrons. The zero-order valence-corrected chi connectivity index (χ0v) is 19.3. The molecule has 1 aromatic carbocycles. The van der Waals surface area contributed by atoms with Crippen LogP contribution in [0.4, 0.5) is 0 Å². The molecule has 1 saturated carbocycles. The molecular formula is C23H23N3O5S2. The molecule has 172 valence electrons. The second-order valence-corrected chi connectivity index (χ2v) is 11.9. The molecular weight excluding hydrogens is 462 g/mol. The zero-order chi connectivity index (χ0) is 23.1. The molecule has 2 N–H and O–H groups in total. The monoisotopic (exact) mass is 485 g/mol. The average Bonchev–Trinajstić information content (AvgIpc) is 3.49. The van der Waals surface area contributed by atoms with Crippen LogP contribution in [0.1, 0.15) is 37.2 Å². The molecule has 1 aliphatic carbocycles. The van der Waals surface area contributed by atoms with Crippen molar-refractivity contribution in [1.82, 2.24) is 14.7 Å². The molecule has 8 nitrogen and oxygen atoms in total. The summed E-state index contributed by atoms with van der Waals surface area (Å²) in [4.78, 5) is 7.03. The Bertz CT molecular complexity index is 1480. The van der Waals surface area contributed by atoms with Gasteiger partial charge in [0.15, 0.2) is 5.58 Å². The Labute approximate surface area is 192 Å². The van der Waals surface area contributed by atoms with Gasteiger partial charge in [0.25, 0.3) is 0 Å². The van der Waals surface area contributed by atoms with E-state index >= 15 is 0 Å². The van der Waals surface area contributed by atoms with Crippen LogP contribution in [-0.2, 0) is 19.9 Å². The minimum absolute atomic E-state index is 0.0934. The predicted molar refractivity (Wildman–Crippen MR) is 122 cm³/mol. The molecule has 0 bridgehead atoms. The summed E-state index contributed by atoms with van der Waals surface area (Å²) < 4.78 is 59.7. The maximum Gasteiger partial charge on any atom is 0.242 e. The summed E-state index contributed by atoms with van der Waals surface area (Å²) in [6, 6.07) is 12.6. The first-order valence-electron chi connectivity index (χ1n) is 10.7. The largest absolute Gasteiger partial charge is 0.462 e. The third-order valence-electron chi connectivity index (χ3n) is 6.13. The number of rotatable bonds is 6. The van der Waals surface area contributed by atoms with Gasteiger partial charge in [-0.05, 0) is 61.9 Å². The van der Waals surface area contributed by atoms with Crippen LogP contribution in [0.5, 0.6) is 0 Å². The lowest BCUT2D eigenvalue weighted by molar-refractivity contribution is 0.373. The van der Waals surface area contributed by atoms with Crippen molar-refractivity contribution in [2.45, 2.75) is 52.5 Å². The lowest BCUT2D eigenvalue weighted by atomic mass is 9.82. The van der Waals surface area contributed by atoms with Crippen molar-refractivity contribution in [1.29, 1.82) is 0 Å². The number of sulfone groups is 1. The number of fused-ring (bicyclic) bond motifs is 1. The number of sulfonamides is 1. The van der Waals surface area contributed by atoms with Gasteiger partial charge in [0.1, 0.15) is 15.4 Å². The van der Waals surface area contributed by atoms with Crippen LogP contribution in [0.25, 0.3) is 11.1 Å². The number of H-pyrrole nitrogens is 1. The van der Waals surface area contributed by atoms with E-state index in [2.05, 4.69) is 14.7 Å². The molecule has 0 aliphatic heterocycles. The first-order chi connectivity index (χ1) is 15.8. The topological polar surface area (TPSA) is 122 Å². The highest BCUT2D eigenvalue weighted by atomic mass is 32.2. The lowest BCUT2D eigenvalue weighted by Gasteiger charge is -2.28. The van der Waals surface area contributed by atoms with E-state index in [4.69, 9.17) is 4.42 Å². The van der Waals surface area contributed by atoms with Crippen LogP contribution >= 0.6 is 0 Å². The Morgan fingerprint density at radius 2 is 1.70 bits per heavy atom. The van der Waals surface area contributed by atoms with Gasteiger partial charge in [0.05, 0.1) is 11.2 Å². The fraction of sp³-hybridized carbons (Fsp3) is 0.261. The average molecular weight is 486 g/mol. The van der Waals surface area contributed by atoms with Crippen molar-refractivity contribution in [2.75, 3.05) is 0 Å². The van der Waals surface area contributed by atoms with Gasteiger partial charge < -0.3 is 9.40 Å². The molecule has 3 heterocycles. The van der Waals surface area contributed by atoms with Crippen molar-refractivity contribution in [3.63, 3.8) is 0 Å². The summed E-state index contributed by atoms with van der Waals surface area (Å²) in [5.41, 5.74) is 2.68. The van der Waals surface area contributed by atoms with E-state index in [9.17, 15) is 16.8 Å². The van der Waals surface area contributed by atoms with Gasteiger partial charge in [0.2, 0.25) is 19.9 Å². The molecule has 0 unspecified atom stereocenters. The third kappa shape index (κ3) is 4.21. The smallest absolute Gasteiger partial charge is 0.242 e. The molecule has 10 heteroatoms. The van der Waals surface area contributed by atoms with Crippen LogP contribution in [-0.4, -0.2) is 32.8 Å². The second-order valence-electron chi connectivity index (χ2n) is 8.23. The quantitative estimate of drug-likeness (QED) is 0.426. The first kappa shape index (κ1) is 21.9. The Kier molecular flexibility index (Phi) is 5.59. The standard InChI is InChI=1S/C23H23N3O5S2/c27-32(28,18-5-2-1-3-6-18)22-13-19(14-25-22)33(29,30)26-17-10-8-16(9-11-17)20-15-31-21-7-4-12-24-23(20)21/h1-7,12-17,25-26H,8-11H2. The molecule has 1 fully saturated rings. The van der Waals surface area contributed by atoms with Crippen molar-refractivity contribution in [3.8, 4) is 0 Å². The minimum Gasteiger partial charge on any atom is -0.462 e. The molecule has 4 aromatic rings. The Balaban J connectivity index is 1.27. The minimum atomic E-state index is -3.86. The van der Waals surface area contributed by atoms with E-state index in [1.165, 1.54) is 24.4 Å². The second kappa shape index (κ2) is 8.44. The summed E-state index contributed by atoms with van der Waals surface area (Å²) in [6.07, 6.45) is 7.66. The van der Waals surface area contributed by atoms with Crippen LogP contribution in [0.15, 0.2) is 86.4 Å². The number of hydrogen-bond donors (Lipinski definition) is 2. The van der Waals surface area contributed by atoms with Gasteiger partial charge in [-0.1, -0.05) is 18.2 Å². The predicted octanol–water partition coefficient (Wildman–Crippen LogP) is 3.99. The van der Waals surface area contributed by atoms with Crippen molar-refractivity contribution >= 4 is 31.0 Å². The SMILES string of the molecule is O=S(=O)(NC1CCC(c2coc3cccnc23)CC1)c1c[nH]c(S(=O)(=O)c2ccccc2)c1. The van der Waals surface area contributed by atoms with E-state index in [0.717, 1.165) is 29.5 Å². The number of hydrogen-bond acceptors (Lipinski definition) is 6. The molecule has 0 saturated heterocycles. The van der Waals surface area contributed by atoms with Crippen molar-refractivity contribution in [2.24, 2.45) is 0 Å². The van der Waals surface area contributed by atoms with Gasteiger partial charge in [-0.3, -0.25) is 4.98 Å². The summed E-state index contributed by atoms with van der Waals surface area (Å²) in [7, 11) is -7.69. The first-order valence-corrected chi connectivity index (χ1v) is 13.6. The van der Waals surface area contributed by atoms with Crippen molar-refractivity contribution < 1.29 is 21.3 Å². The maximum absolute atomic E-state index is 12.9. The van der Waals surface area contributed by atoms with Crippen LogP contribution in [0.2, 0.25) is 0 Å². The molecule has 0 atom stereocenters. The number of nitrogens with zero attached hydrogens (tertiary/aromatic N) is 1. The third-order valence-corrected chi connectivity index (χ3v) is 9.34. The normalized spacial score (nSPS) is 19.6. The molecule has 0 spiro atoms. The van der Waals surface area contributed by atoms with E-state index < -0.39 is 19.9 Å². The molecule has 0 amide bonds. The fourth-order valence-corrected chi connectivity index (χ4v) is 7.01. The van der Waals surface area contributed by atoms with E-state index in [0.29, 0.717) is 12.8 Å². The van der Waals surface area contributed by atoms with Crippen LogP contribution in [0.3, 0.4) is 0 Å². The van der Waals surface area contributed by atoms with E-state index in [1.807, 2.05) is 12.1 Å². The molecule has 5 rings (SSSR count). The summed E-state index contributed by atoms with van der Waals surface area (Å²) in [5.74, 6) is 0.261. The fourth-order valence-electron chi connectivity index (χ4n) is 4.38. The highest BCUT2D eigenvalue weighted by Gasteiger charge is 2.30. The van der Waals surface area contributed by atoms with Gasteiger partial charge in [-0.15, -0.1) is 0 Å². The van der Waals surface area contributed by atoms with E-state index in [1.54, 1.807) is 30.7 Å². The Morgan fingerprint density at radius 3 is 2.45 bits per heavy atom. The summed E-state index contributed by atoms with van der Waals surface area (Å²) in [6.45, 7) is 0. The van der Waals surface area contributed by atoms with E-state index in [-0.39, 0.29) is 26.8 Å². The molecule has 33 heavy (non-hydrogen) atoms. The summed E-state index contributed by atoms with van der Waals surface area (Å²) >= 11 is 0. The number of aromatic amines is 1. The number of nitrogens with one attached hydrogen (secondary N) is 2. The Hall–Kier alpha value is -2.95. The number of furan rings is 1. The maximum atomic E-state index is 12.9. The number of aromatic nitrogens is 2.